The Morgan fingerprint density at radius 1 is 0.855 bits per heavy atom. The molecule has 55 heavy (non-hydrogen) atoms. The van der Waals surface area contributed by atoms with Crippen molar-refractivity contribution in [1.29, 1.82) is 0 Å². The molecule has 2 N–H and O–H groups in total. The van der Waals surface area contributed by atoms with Crippen molar-refractivity contribution in [3.05, 3.63) is 118 Å². The number of phenols is 1. The Morgan fingerprint density at radius 3 is 2.44 bits per heavy atom. The summed E-state index contributed by atoms with van der Waals surface area (Å²) in [6.45, 7) is 5.63. The number of unbranched alkanes of at least 4 members (excludes halogenated alkanes) is 2. The van der Waals surface area contributed by atoms with E-state index < -0.39 is 17.8 Å². The normalized spacial score (nSPS) is 21.2. The van der Waals surface area contributed by atoms with Crippen LogP contribution in [0.5, 0.6) is 17.2 Å². The molecule has 0 bridgehead atoms. The average molecular weight is 751 g/mol. The zero-order chi connectivity index (χ0) is 38.1. The number of benzene rings is 4. The lowest BCUT2D eigenvalue weighted by Crippen LogP contribution is -2.52. The number of amides is 3. The van der Waals surface area contributed by atoms with Gasteiger partial charge in [-0.25, -0.2) is 8.78 Å². The molecule has 286 valence electrons. The predicted molar refractivity (Wildman–Crippen MR) is 201 cm³/mol. The predicted octanol–water partition coefficient (Wildman–Crippen LogP) is 6.11. The van der Waals surface area contributed by atoms with Gasteiger partial charge in [-0.3, -0.25) is 24.6 Å². The zero-order valence-corrected chi connectivity index (χ0v) is 30.5. The first-order valence-corrected chi connectivity index (χ1v) is 19.1. The molecule has 4 aliphatic rings. The Labute approximate surface area is 318 Å². The van der Waals surface area contributed by atoms with Crippen molar-refractivity contribution in [2.75, 3.05) is 50.8 Å². The molecule has 0 spiro atoms. The minimum absolute atomic E-state index is 0.0883. The van der Waals surface area contributed by atoms with Gasteiger partial charge in [0.25, 0.3) is 5.91 Å². The van der Waals surface area contributed by atoms with Crippen molar-refractivity contribution < 1.29 is 37.7 Å². The lowest BCUT2D eigenvalue weighted by Gasteiger charge is -2.36. The molecule has 8 rings (SSSR count). The van der Waals surface area contributed by atoms with Crippen molar-refractivity contribution in [3.63, 3.8) is 0 Å². The number of piperazine rings is 1. The molecule has 0 aliphatic carbocycles. The number of nitrogens with one attached hydrogen (secondary N) is 1. The second-order valence-corrected chi connectivity index (χ2v) is 14.8. The van der Waals surface area contributed by atoms with Crippen molar-refractivity contribution in [2.45, 2.75) is 56.5 Å². The second-order valence-electron chi connectivity index (χ2n) is 14.8. The van der Waals surface area contributed by atoms with E-state index in [0.29, 0.717) is 37.5 Å². The van der Waals surface area contributed by atoms with Gasteiger partial charge in [-0.1, -0.05) is 24.3 Å². The fraction of sp³-hybridized carbons (Fsp3) is 0.372. The second kappa shape index (κ2) is 15.7. The number of ether oxygens (including phenoxy) is 2. The molecular formula is C43H44F2N4O6. The summed E-state index contributed by atoms with van der Waals surface area (Å²) in [6.07, 6.45) is 3.34. The van der Waals surface area contributed by atoms with E-state index in [4.69, 9.17) is 9.47 Å². The van der Waals surface area contributed by atoms with E-state index in [2.05, 4.69) is 21.2 Å². The minimum Gasteiger partial charge on any atom is -0.508 e. The first-order valence-electron chi connectivity index (χ1n) is 19.1. The summed E-state index contributed by atoms with van der Waals surface area (Å²) in [5.41, 5.74) is 5.06. The highest BCUT2D eigenvalue weighted by atomic mass is 19.1. The maximum atomic E-state index is 15.5. The van der Waals surface area contributed by atoms with Gasteiger partial charge >= 0.3 is 0 Å². The van der Waals surface area contributed by atoms with Gasteiger partial charge in [-0.2, -0.15) is 0 Å². The molecule has 0 saturated carbocycles. The van der Waals surface area contributed by atoms with Gasteiger partial charge in [0.05, 0.1) is 13.2 Å². The van der Waals surface area contributed by atoms with Crippen molar-refractivity contribution in [1.82, 2.24) is 15.1 Å². The topological polar surface area (TPSA) is 112 Å². The summed E-state index contributed by atoms with van der Waals surface area (Å²) >= 11 is 0. The third-order valence-electron chi connectivity index (χ3n) is 11.4. The summed E-state index contributed by atoms with van der Waals surface area (Å²) < 4.78 is 41.1. The maximum absolute atomic E-state index is 15.5. The Kier molecular flexibility index (Phi) is 10.4. The monoisotopic (exact) mass is 750 g/mol. The average Bonchev–Trinajstić information content (AvgIpc) is 3.51. The van der Waals surface area contributed by atoms with E-state index in [1.54, 1.807) is 41.3 Å². The largest absolute Gasteiger partial charge is 0.508 e. The molecule has 2 fully saturated rings. The summed E-state index contributed by atoms with van der Waals surface area (Å²) in [5.74, 6) is -1.24. The fourth-order valence-electron chi connectivity index (χ4n) is 8.42. The highest BCUT2D eigenvalue weighted by Gasteiger charge is 2.39. The van der Waals surface area contributed by atoms with Crippen molar-refractivity contribution in [3.8, 4) is 17.2 Å². The van der Waals surface area contributed by atoms with Crippen LogP contribution in [-0.2, 0) is 16.1 Å². The van der Waals surface area contributed by atoms with E-state index in [9.17, 15) is 23.9 Å². The van der Waals surface area contributed by atoms with E-state index in [0.717, 1.165) is 79.9 Å². The number of imide groups is 1. The van der Waals surface area contributed by atoms with Crippen molar-refractivity contribution in [2.24, 2.45) is 0 Å². The molecule has 3 atom stereocenters. The van der Waals surface area contributed by atoms with Crippen LogP contribution in [0.3, 0.4) is 0 Å². The molecular weight excluding hydrogens is 706 g/mol. The van der Waals surface area contributed by atoms with Crippen LogP contribution in [-0.4, -0.2) is 84.6 Å². The quantitative estimate of drug-likeness (QED) is 0.140. The number of hydrogen-bond donors (Lipinski definition) is 2. The van der Waals surface area contributed by atoms with Gasteiger partial charge in [0, 0.05) is 73.9 Å². The van der Waals surface area contributed by atoms with Crippen LogP contribution >= 0.6 is 0 Å². The Bertz CT molecular complexity index is 2090. The van der Waals surface area contributed by atoms with Crippen LogP contribution in [0, 0.1) is 11.6 Å². The molecule has 0 radical (unpaired) electrons. The molecule has 0 aromatic heterocycles. The molecule has 12 heteroatoms. The number of piperidine rings is 1. The molecule has 4 aromatic carbocycles. The zero-order valence-electron chi connectivity index (χ0n) is 30.5. The third kappa shape index (κ3) is 7.73. The first-order chi connectivity index (χ1) is 26.7. The van der Waals surface area contributed by atoms with Crippen LogP contribution in [0.4, 0.5) is 14.5 Å². The van der Waals surface area contributed by atoms with E-state index in [1.807, 2.05) is 18.2 Å². The number of anilines is 1. The maximum Gasteiger partial charge on any atom is 0.255 e. The smallest absolute Gasteiger partial charge is 0.255 e. The van der Waals surface area contributed by atoms with Gasteiger partial charge in [-0.15, -0.1) is 0 Å². The van der Waals surface area contributed by atoms with Crippen molar-refractivity contribution >= 4 is 23.4 Å². The summed E-state index contributed by atoms with van der Waals surface area (Å²) in [7, 11) is 0. The lowest BCUT2D eigenvalue weighted by atomic mass is 9.76. The lowest BCUT2D eigenvalue weighted by molar-refractivity contribution is -0.136. The van der Waals surface area contributed by atoms with Crippen LogP contribution in [0.2, 0.25) is 0 Å². The van der Waals surface area contributed by atoms with Gasteiger partial charge in [0.15, 0.2) is 11.6 Å². The third-order valence-corrected chi connectivity index (χ3v) is 11.4. The van der Waals surface area contributed by atoms with Gasteiger partial charge in [0.1, 0.15) is 23.4 Å². The SMILES string of the molecule is O=C1CCC(N2Cc3cc(N4CCN(CCCCCOc5ccc(C6c7ccc(O)cc7OCC6c6ccc(F)cc6)cc5F)CC4)ccc3C2=O)C(=O)N1. The van der Waals surface area contributed by atoms with Crippen LogP contribution in [0.15, 0.2) is 78.9 Å². The number of nitrogens with zero attached hydrogens (tertiary/aromatic N) is 3. The fourth-order valence-corrected chi connectivity index (χ4v) is 8.42. The first kappa shape index (κ1) is 36.5. The molecule has 4 heterocycles. The Balaban J connectivity index is 0.792. The van der Waals surface area contributed by atoms with E-state index in [-0.39, 0.29) is 47.4 Å². The number of carbonyl (C=O) groups is 3. The van der Waals surface area contributed by atoms with Gasteiger partial charge < -0.3 is 24.4 Å². The number of rotatable bonds is 11. The number of halogens is 2. The highest BCUT2D eigenvalue weighted by Crippen LogP contribution is 2.47. The van der Waals surface area contributed by atoms with Crippen LogP contribution in [0.1, 0.15) is 76.6 Å². The molecule has 3 amide bonds. The van der Waals surface area contributed by atoms with E-state index >= 15 is 4.39 Å². The molecule has 3 unspecified atom stereocenters. The van der Waals surface area contributed by atoms with Gasteiger partial charge in [-0.05, 0) is 97.4 Å². The standard InChI is InChI=1S/C43H44F2N4O6/c44-30-7-4-27(5-8-30)35-26-55-39-24-32(50)10-12-34(39)41(35)28-6-14-38(36(45)23-28)54-21-3-1-2-16-47-17-19-48(20-18-47)31-9-11-33-29(22-31)25-49(43(33)53)37-13-15-40(51)46-42(37)52/h4-12,14,22-24,35,37,41,50H,1-3,13,15-21,25-26H2,(H,46,51,52). The van der Waals surface area contributed by atoms with Gasteiger partial charge in [0.2, 0.25) is 11.8 Å². The number of phenolic OH excluding ortho intramolecular Hbond substituents is 1. The van der Waals surface area contributed by atoms with Crippen LogP contribution in [0.25, 0.3) is 0 Å². The minimum atomic E-state index is -0.618. The van der Waals surface area contributed by atoms with E-state index in [1.165, 1.54) is 18.2 Å². The number of aromatic hydroxyl groups is 1. The highest BCUT2D eigenvalue weighted by molar-refractivity contribution is 6.05. The van der Waals surface area contributed by atoms with Crippen LogP contribution < -0.4 is 19.7 Å². The molecule has 4 aromatic rings. The number of hydrogen-bond acceptors (Lipinski definition) is 8. The number of fused-ring (bicyclic) bond motifs is 2. The summed E-state index contributed by atoms with van der Waals surface area (Å²) in [6, 6.07) is 21.6. The molecule has 10 nitrogen and oxygen atoms in total. The number of carbonyl (C=O) groups excluding carboxylic acids is 3. The Morgan fingerprint density at radius 2 is 1.65 bits per heavy atom. The summed E-state index contributed by atoms with van der Waals surface area (Å²) in [5, 5.41) is 12.4. The summed E-state index contributed by atoms with van der Waals surface area (Å²) in [4.78, 5) is 43.4. The Hall–Kier alpha value is -5.49. The molecule has 2 saturated heterocycles. The molecule has 4 aliphatic heterocycles.